The van der Waals surface area contributed by atoms with Crippen molar-refractivity contribution in [1.29, 1.82) is 0 Å². The van der Waals surface area contributed by atoms with Crippen LogP contribution < -0.4 is 9.47 Å². The van der Waals surface area contributed by atoms with Crippen molar-refractivity contribution in [1.82, 2.24) is 4.98 Å². The van der Waals surface area contributed by atoms with E-state index in [9.17, 15) is 23.8 Å². The molecule has 0 saturated heterocycles. The summed E-state index contributed by atoms with van der Waals surface area (Å²) in [6.45, 7) is -0.113. The van der Waals surface area contributed by atoms with E-state index >= 15 is 0 Å². The molecule has 2 fully saturated rings. The van der Waals surface area contributed by atoms with E-state index in [4.69, 9.17) is 26.2 Å². The Morgan fingerprint density at radius 2 is 1.90 bits per heavy atom. The number of hydrogen-bond donors (Lipinski definition) is 3. The van der Waals surface area contributed by atoms with Crippen molar-refractivity contribution in [2.24, 2.45) is 17.8 Å². The van der Waals surface area contributed by atoms with Crippen LogP contribution in [0.3, 0.4) is 0 Å². The average molecular weight is 558 g/mol. The molecule has 39 heavy (non-hydrogen) atoms. The Bertz CT molecular complexity index is 1460. The van der Waals surface area contributed by atoms with E-state index in [1.165, 1.54) is 6.07 Å². The molecule has 0 aliphatic heterocycles. The van der Waals surface area contributed by atoms with Crippen molar-refractivity contribution in [2.45, 2.75) is 37.4 Å². The maximum Gasteiger partial charge on any atom is 0.307 e. The number of carbonyl (C=O) groups is 1. The largest absolute Gasteiger partial charge is 0.493 e. The summed E-state index contributed by atoms with van der Waals surface area (Å²) >= 11 is 6.44. The summed E-state index contributed by atoms with van der Waals surface area (Å²) < 4.78 is 40.9. The molecule has 3 aliphatic carbocycles. The molecule has 7 nitrogen and oxygen atoms in total. The number of pyridine rings is 1. The van der Waals surface area contributed by atoms with Crippen LogP contribution >= 0.6 is 11.6 Å². The molecule has 2 saturated carbocycles. The van der Waals surface area contributed by atoms with Crippen LogP contribution in [0.25, 0.3) is 11.1 Å². The fourth-order valence-electron chi connectivity index (χ4n) is 6.03. The van der Waals surface area contributed by atoms with Gasteiger partial charge in [0.2, 0.25) is 5.88 Å². The third-order valence-electron chi connectivity index (χ3n) is 8.13. The number of nitrogens with zero attached hydrogens (tertiary/aromatic N) is 1. The Hall–Kier alpha value is -3.27. The molecule has 6 rings (SSSR count). The van der Waals surface area contributed by atoms with Gasteiger partial charge in [-0.15, -0.1) is 0 Å². The maximum absolute atomic E-state index is 14.8. The molecule has 3 N–H and O–H groups in total. The van der Waals surface area contributed by atoms with Crippen molar-refractivity contribution in [3.8, 4) is 22.8 Å². The summed E-state index contributed by atoms with van der Waals surface area (Å²) in [5.41, 5.74) is 1.49. The average Bonchev–Trinajstić information content (AvgIpc) is 3.48. The van der Waals surface area contributed by atoms with Crippen molar-refractivity contribution < 1.29 is 38.4 Å². The highest BCUT2D eigenvalue weighted by molar-refractivity contribution is 6.33. The molecule has 0 amide bonds. The van der Waals surface area contributed by atoms with Gasteiger partial charge < -0.3 is 24.8 Å². The van der Waals surface area contributed by atoms with Gasteiger partial charge in [-0.3, -0.25) is 4.79 Å². The number of halogens is 3. The number of aliphatic hydroxyl groups excluding tert-OH is 1. The van der Waals surface area contributed by atoms with Crippen LogP contribution in [-0.4, -0.2) is 45.1 Å². The van der Waals surface area contributed by atoms with Gasteiger partial charge in [0.05, 0.1) is 29.8 Å². The van der Waals surface area contributed by atoms with Gasteiger partial charge in [-0.25, -0.2) is 13.8 Å². The van der Waals surface area contributed by atoms with Crippen LogP contribution in [0.15, 0.2) is 42.6 Å². The molecule has 10 heteroatoms. The van der Waals surface area contributed by atoms with Crippen LogP contribution in [0.1, 0.15) is 35.4 Å². The van der Waals surface area contributed by atoms with Crippen molar-refractivity contribution in [3.63, 3.8) is 0 Å². The number of aromatic nitrogens is 1. The first kappa shape index (κ1) is 26.0. The van der Waals surface area contributed by atoms with Gasteiger partial charge >= 0.3 is 5.97 Å². The minimum atomic E-state index is -1.03. The molecule has 2 aromatic carbocycles. The van der Waals surface area contributed by atoms with E-state index in [-0.39, 0.29) is 58.9 Å². The lowest BCUT2D eigenvalue weighted by atomic mass is 9.72. The van der Waals surface area contributed by atoms with Gasteiger partial charge in [-0.05, 0) is 66.5 Å². The minimum absolute atomic E-state index is 0.00200. The molecule has 204 valence electrons. The number of fused-ring (bicyclic) bond motifs is 3. The Labute approximate surface area is 228 Å². The highest BCUT2D eigenvalue weighted by Crippen LogP contribution is 2.61. The molecule has 0 unspecified atom stereocenters. The second-order valence-electron chi connectivity index (χ2n) is 10.8. The second kappa shape index (κ2) is 9.73. The zero-order valence-corrected chi connectivity index (χ0v) is 21.5. The summed E-state index contributed by atoms with van der Waals surface area (Å²) in [4.78, 5) is 15.6. The van der Waals surface area contributed by atoms with Crippen LogP contribution in [0.5, 0.6) is 11.6 Å². The van der Waals surface area contributed by atoms with Gasteiger partial charge in [-0.1, -0.05) is 11.6 Å². The van der Waals surface area contributed by atoms with E-state index in [1.54, 1.807) is 30.5 Å². The molecular weight excluding hydrogens is 532 g/mol. The van der Waals surface area contributed by atoms with Crippen molar-refractivity contribution >= 4 is 17.6 Å². The fraction of sp³-hybridized carbons (Fsp3) is 0.379. The first-order valence-corrected chi connectivity index (χ1v) is 13.1. The van der Waals surface area contributed by atoms with E-state index in [0.29, 0.717) is 37.2 Å². The Morgan fingerprint density at radius 3 is 2.62 bits per heavy atom. The number of aliphatic hydroxyl groups is 2. The minimum Gasteiger partial charge on any atom is -0.493 e. The highest BCUT2D eigenvalue weighted by atomic mass is 35.5. The third-order valence-corrected chi connectivity index (χ3v) is 8.44. The molecule has 0 bridgehead atoms. The fourth-order valence-corrected chi connectivity index (χ4v) is 6.30. The van der Waals surface area contributed by atoms with Crippen LogP contribution in [0.2, 0.25) is 5.02 Å². The molecule has 3 atom stereocenters. The monoisotopic (exact) mass is 557 g/mol. The summed E-state index contributed by atoms with van der Waals surface area (Å²) in [6, 6.07) is 8.71. The van der Waals surface area contributed by atoms with Crippen LogP contribution in [0, 0.1) is 29.4 Å². The first-order chi connectivity index (χ1) is 18.7. The zero-order valence-electron chi connectivity index (χ0n) is 20.7. The molecular formula is C29H26ClF2NO6. The SMILES string of the molecule is O=C(O)[C@H]1[C@@H]2Cc3cc(OCc4cc(-c5ccc(OC[C@H]6C[C@@](O)(CO)C6)cc5Cl)c(F)cc4F)ncc3[C@@H]21. The summed E-state index contributed by atoms with van der Waals surface area (Å²) in [6.07, 6.45) is 3.18. The summed E-state index contributed by atoms with van der Waals surface area (Å²) in [5.74, 6) is -1.69. The Morgan fingerprint density at radius 1 is 1.10 bits per heavy atom. The number of benzene rings is 2. The standard InChI is InChI=1S/C29H26ClF2NO6/c30-22-6-17(38-11-14-8-29(37,9-14)13-34)1-2-18(22)19-4-16(23(31)7-24(19)32)12-39-25-5-15-3-20-26(21(15)10-33-25)27(20)28(35)36/h1-2,4-7,10,14,20,26-27,34,37H,3,8-9,11-13H2,(H,35,36)/t14-,20-,26-,27+,29-/m1/s1. The number of hydrogen-bond acceptors (Lipinski definition) is 6. The number of rotatable bonds is 9. The predicted octanol–water partition coefficient (Wildman–Crippen LogP) is 4.74. The highest BCUT2D eigenvalue weighted by Gasteiger charge is 2.60. The van der Waals surface area contributed by atoms with Crippen LogP contribution in [-0.2, 0) is 17.8 Å². The van der Waals surface area contributed by atoms with E-state index in [2.05, 4.69) is 4.98 Å². The van der Waals surface area contributed by atoms with E-state index < -0.39 is 23.2 Å². The number of ether oxygens (including phenoxy) is 2. The maximum atomic E-state index is 14.8. The van der Waals surface area contributed by atoms with E-state index in [0.717, 1.165) is 17.2 Å². The second-order valence-corrected chi connectivity index (χ2v) is 11.2. The molecule has 1 heterocycles. The number of carboxylic acids is 1. The topological polar surface area (TPSA) is 109 Å². The van der Waals surface area contributed by atoms with Crippen LogP contribution in [0.4, 0.5) is 8.78 Å². The Balaban J connectivity index is 1.13. The van der Waals surface area contributed by atoms with Gasteiger partial charge in [0.15, 0.2) is 0 Å². The van der Waals surface area contributed by atoms with E-state index in [1.807, 2.05) is 0 Å². The summed E-state index contributed by atoms with van der Waals surface area (Å²) in [7, 11) is 0. The molecule has 3 aromatic rings. The molecule has 1 aromatic heterocycles. The van der Waals surface area contributed by atoms with Crippen molar-refractivity contribution in [3.05, 3.63) is 75.9 Å². The Kier molecular flexibility index (Phi) is 6.48. The van der Waals surface area contributed by atoms with Gasteiger partial charge in [0.1, 0.15) is 24.0 Å². The molecule has 3 aliphatic rings. The lowest BCUT2D eigenvalue weighted by Crippen LogP contribution is -2.48. The molecule has 0 spiro atoms. The van der Waals surface area contributed by atoms with Gasteiger partial charge in [0.25, 0.3) is 0 Å². The number of aliphatic carboxylic acids is 1. The first-order valence-electron chi connectivity index (χ1n) is 12.7. The predicted molar refractivity (Wildman–Crippen MR) is 137 cm³/mol. The zero-order chi connectivity index (χ0) is 27.5. The quantitative estimate of drug-likeness (QED) is 0.349. The normalized spacial score (nSPS) is 26.4. The lowest BCUT2D eigenvalue weighted by Gasteiger charge is -2.42. The lowest BCUT2D eigenvalue weighted by molar-refractivity contribution is -0.139. The smallest absolute Gasteiger partial charge is 0.307 e. The summed E-state index contributed by atoms with van der Waals surface area (Å²) in [5, 5.41) is 28.6. The van der Waals surface area contributed by atoms with Gasteiger partial charge in [0, 0.05) is 40.9 Å². The molecule has 0 radical (unpaired) electrons. The third kappa shape index (κ3) is 4.83. The van der Waals surface area contributed by atoms with Gasteiger partial charge in [-0.2, -0.15) is 0 Å². The van der Waals surface area contributed by atoms with Crippen molar-refractivity contribution in [2.75, 3.05) is 13.2 Å². The number of carboxylic acid groups (broad SMARTS) is 1.